The second kappa shape index (κ2) is 7.42. The van der Waals surface area contributed by atoms with Crippen molar-refractivity contribution in [3.63, 3.8) is 0 Å². The van der Waals surface area contributed by atoms with Gasteiger partial charge in [0.05, 0.1) is 32.5 Å². The average Bonchev–Trinajstić information content (AvgIpc) is 2.49. The molecule has 1 saturated heterocycles. The second-order valence-electron chi connectivity index (χ2n) is 6.27. The summed E-state index contributed by atoms with van der Waals surface area (Å²) in [5.74, 6) is 0.847. The van der Waals surface area contributed by atoms with Crippen LogP contribution in [0.15, 0.2) is 4.99 Å². The third-order valence-electron chi connectivity index (χ3n) is 4.46. The molecular weight excluding hydrogens is 270 g/mol. The number of rotatable bonds is 5. The second-order valence-corrected chi connectivity index (χ2v) is 6.27. The minimum atomic E-state index is 0.0651. The van der Waals surface area contributed by atoms with E-state index in [1.54, 1.807) is 7.11 Å². The number of hydrogen-bond acceptors (Lipinski definition) is 4. The van der Waals surface area contributed by atoms with Crippen molar-refractivity contribution in [3.8, 4) is 0 Å². The van der Waals surface area contributed by atoms with Gasteiger partial charge in [0.25, 0.3) is 0 Å². The highest BCUT2D eigenvalue weighted by atomic mass is 16.6. The van der Waals surface area contributed by atoms with Gasteiger partial charge in [-0.2, -0.15) is 0 Å². The summed E-state index contributed by atoms with van der Waals surface area (Å²) in [7, 11) is 1.78. The van der Waals surface area contributed by atoms with E-state index in [0.717, 1.165) is 18.9 Å². The molecule has 21 heavy (non-hydrogen) atoms. The van der Waals surface area contributed by atoms with Gasteiger partial charge in [0.15, 0.2) is 5.96 Å². The Bertz CT molecular complexity index is 354. The van der Waals surface area contributed by atoms with E-state index in [1.165, 1.54) is 0 Å². The van der Waals surface area contributed by atoms with E-state index in [9.17, 15) is 0 Å². The van der Waals surface area contributed by atoms with Gasteiger partial charge in [0, 0.05) is 25.1 Å². The first-order valence-corrected chi connectivity index (χ1v) is 7.85. The predicted molar refractivity (Wildman–Crippen MR) is 82.7 cm³/mol. The molecule has 1 heterocycles. The van der Waals surface area contributed by atoms with Crippen LogP contribution in [0.1, 0.15) is 27.2 Å². The summed E-state index contributed by atoms with van der Waals surface area (Å²) in [4.78, 5) is 4.62. The molecule has 0 radical (unpaired) electrons. The fraction of sp³-hybridized carbons (Fsp3) is 0.933. The Morgan fingerprint density at radius 1 is 1.38 bits per heavy atom. The Kier molecular flexibility index (Phi) is 5.84. The highest BCUT2D eigenvalue weighted by Crippen LogP contribution is 2.42. The van der Waals surface area contributed by atoms with E-state index in [4.69, 9.17) is 14.2 Å². The van der Waals surface area contributed by atoms with Crippen molar-refractivity contribution in [1.82, 2.24) is 10.6 Å². The normalized spacial score (nSPS) is 32.4. The number of nitrogens with zero attached hydrogens (tertiary/aromatic N) is 1. The molecule has 0 aromatic rings. The van der Waals surface area contributed by atoms with E-state index in [2.05, 4.69) is 36.4 Å². The zero-order valence-corrected chi connectivity index (χ0v) is 13.6. The van der Waals surface area contributed by atoms with Crippen molar-refractivity contribution in [2.45, 2.75) is 45.4 Å². The zero-order valence-electron chi connectivity index (χ0n) is 13.6. The lowest BCUT2D eigenvalue weighted by Crippen LogP contribution is -2.63. The SMILES string of the molecule is CCNC(=NCC1COCCO1)NC1CC(OC)C1(C)C. The van der Waals surface area contributed by atoms with Gasteiger partial charge in [-0.05, 0) is 13.3 Å². The molecule has 2 N–H and O–H groups in total. The fourth-order valence-corrected chi connectivity index (χ4v) is 2.85. The number of guanidine groups is 1. The van der Waals surface area contributed by atoms with E-state index < -0.39 is 0 Å². The molecule has 1 aliphatic heterocycles. The first-order chi connectivity index (χ1) is 10.1. The Morgan fingerprint density at radius 3 is 2.76 bits per heavy atom. The van der Waals surface area contributed by atoms with Crippen LogP contribution in [0, 0.1) is 5.41 Å². The zero-order chi connectivity index (χ0) is 15.3. The lowest BCUT2D eigenvalue weighted by Gasteiger charge is -2.51. The van der Waals surface area contributed by atoms with Gasteiger partial charge in [-0.25, -0.2) is 0 Å². The molecule has 2 aliphatic rings. The Balaban J connectivity index is 1.86. The number of hydrogen-bond donors (Lipinski definition) is 2. The van der Waals surface area contributed by atoms with Gasteiger partial charge >= 0.3 is 0 Å². The number of nitrogens with one attached hydrogen (secondary N) is 2. The van der Waals surface area contributed by atoms with Crippen molar-refractivity contribution in [2.75, 3.05) is 40.0 Å². The molecule has 3 atom stereocenters. The molecule has 0 aromatic carbocycles. The molecule has 1 saturated carbocycles. The van der Waals surface area contributed by atoms with Gasteiger partial charge in [-0.3, -0.25) is 4.99 Å². The largest absolute Gasteiger partial charge is 0.381 e. The van der Waals surface area contributed by atoms with Crippen LogP contribution in [0.2, 0.25) is 0 Å². The van der Waals surface area contributed by atoms with Crippen molar-refractivity contribution in [2.24, 2.45) is 10.4 Å². The molecule has 1 aliphatic carbocycles. The molecule has 6 nitrogen and oxygen atoms in total. The molecule has 0 aromatic heterocycles. The van der Waals surface area contributed by atoms with Crippen LogP contribution >= 0.6 is 0 Å². The minimum Gasteiger partial charge on any atom is -0.381 e. The summed E-state index contributed by atoms with van der Waals surface area (Å²) in [5, 5.41) is 6.80. The number of ether oxygens (including phenoxy) is 3. The van der Waals surface area contributed by atoms with Crippen LogP contribution in [0.5, 0.6) is 0 Å². The molecular formula is C15H29N3O3. The van der Waals surface area contributed by atoms with E-state index in [0.29, 0.717) is 38.5 Å². The van der Waals surface area contributed by atoms with Crippen LogP contribution in [-0.2, 0) is 14.2 Å². The van der Waals surface area contributed by atoms with Gasteiger partial charge in [-0.15, -0.1) is 0 Å². The molecule has 0 spiro atoms. The topological polar surface area (TPSA) is 64.1 Å². The average molecular weight is 299 g/mol. The van der Waals surface area contributed by atoms with Crippen LogP contribution < -0.4 is 10.6 Å². The maximum atomic E-state index is 5.62. The lowest BCUT2D eigenvalue weighted by molar-refractivity contribution is -0.0925. The summed E-state index contributed by atoms with van der Waals surface area (Å²) in [6.45, 7) is 9.96. The summed E-state index contributed by atoms with van der Waals surface area (Å²) in [6, 6.07) is 0.378. The first-order valence-electron chi connectivity index (χ1n) is 7.85. The molecule has 2 fully saturated rings. The van der Waals surface area contributed by atoms with Crippen LogP contribution in [0.25, 0.3) is 0 Å². The van der Waals surface area contributed by atoms with E-state index >= 15 is 0 Å². The minimum absolute atomic E-state index is 0.0651. The molecule has 0 bridgehead atoms. The van der Waals surface area contributed by atoms with E-state index in [1.807, 2.05) is 0 Å². The third-order valence-corrected chi connectivity index (χ3v) is 4.46. The Morgan fingerprint density at radius 2 is 2.19 bits per heavy atom. The molecule has 3 unspecified atom stereocenters. The highest BCUT2D eigenvalue weighted by Gasteiger charge is 2.48. The van der Waals surface area contributed by atoms with Crippen LogP contribution in [0.3, 0.4) is 0 Å². The maximum Gasteiger partial charge on any atom is 0.191 e. The molecule has 0 amide bonds. The highest BCUT2D eigenvalue weighted by molar-refractivity contribution is 5.80. The summed E-state index contributed by atoms with van der Waals surface area (Å²) in [6.07, 6.45) is 1.39. The predicted octanol–water partition coefficient (Wildman–Crippen LogP) is 0.770. The lowest BCUT2D eigenvalue weighted by atomic mass is 9.64. The van der Waals surface area contributed by atoms with Gasteiger partial charge < -0.3 is 24.8 Å². The van der Waals surface area contributed by atoms with Crippen molar-refractivity contribution in [1.29, 1.82) is 0 Å². The van der Waals surface area contributed by atoms with Crippen LogP contribution in [0.4, 0.5) is 0 Å². The number of methoxy groups -OCH3 is 1. The first kappa shape index (κ1) is 16.5. The van der Waals surface area contributed by atoms with Gasteiger partial charge in [0.1, 0.15) is 6.10 Å². The van der Waals surface area contributed by atoms with Gasteiger partial charge in [0.2, 0.25) is 0 Å². The smallest absolute Gasteiger partial charge is 0.191 e. The van der Waals surface area contributed by atoms with E-state index in [-0.39, 0.29) is 11.5 Å². The standard InChI is InChI=1S/C15H29N3O3/c1-5-16-14(17-9-11-10-20-6-7-21-11)18-12-8-13(19-4)15(12,2)3/h11-13H,5-10H2,1-4H3,(H2,16,17,18). The molecule has 2 rings (SSSR count). The molecule has 122 valence electrons. The third kappa shape index (κ3) is 4.08. The Labute approximate surface area is 127 Å². The van der Waals surface area contributed by atoms with Crippen LogP contribution in [-0.4, -0.2) is 64.2 Å². The fourth-order valence-electron chi connectivity index (χ4n) is 2.85. The quantitative estimate of drug-likeness (QED) is 0.580. The Hall–Kier alpha value is -0.850. The van der Waals surface area contributed by atoms with Crippen molar-refractivity contribution in [3.05, 3.63) is 0 Å². The maximum absolute atomic E-state index is 5.62. The summed E-state index contributed by atoms with van der Waals surface area (Å²) in [5.41, 5.74) is 0.120. The van der Waals surface area contributed by atoms with Crippen molar-refractivity contribution >= 4 is 5.96 Å². The molecule has 6 heteroatoms. The number of aliphatic imine (C=N–C) groups is 1. The van der Waals surface area contributed by atoms with Gasteiger partial charge in [-0.1, -0.05) is 13.8 Å². The summed E-state index contributed by atoms with van der Waals surface area (Å²) >= 11 is 0. The van der Waals surface area contributed by atoms with Crippen molar-refractivity contribution < 1.29 is 14.2 Å². The summed E-state index contributed by atoms with van der Waals surface area (Å²) < 4.78 is 16.5. The monoisotopic (exact) mass is 299 g/mol.